The molecule has 2 saturated carbocycles. The summed E-state index contributed by atoms with van der Waals surface area (Å²) in [5.74, 6) is -4.08. The number of rotatable bonds is 7. The fourth-order valence-electron chi connectivity index (χ4n) is 7.26. The van der Waals surface area contributed by atoms with Crippen molar-refractivity contribution in [1.29, 1.82) is 0 Å². The Kier molecular flexibility index (Phi) is 10.7. The van der Waals surface area contributed by atoms with E-state index < -0.39 is 92.0 Å². The lowest BCUT2D eigenvalue weighted by molar-refractivity contribution is -0.145. The molecule has 3 aliphatic heterocycles. The van der Waals surface area contributed by atoms with E-state index in [0.717, 1.165) is 16.7 Å². The number of benzene rings is 1. The van der Waals surface area contributed by atoms with Crippen LogP contribution < -0.4 is 20.7 Å². The molecule has 1 aromatic rings. The van der Waals surface area contributed by atoms with Gasteiger partial charge in [0.05, 0.1) is 31.6 Å². The van der Waals surface area contributed by atoms with Gasteiger partial charge in [-0.2, -0.15) is 0 Å². The van der Waals surface area contributed by atoms with Crippen LogP contribution in [0.5, 0.6) is 0 Å². The van der Waals surface area contributed by atoms with Crippen molar-refractivity contribution in [3.05, 3.63) is 53.6 Å². The average Bonchev–Trinajstić information content (AvgIpc) is 3.99. The molecule has 6 rings (SSSR count). The number of ether oxygens (including phenoxy) is 2. The summed E-state index contributed by atoms with van der Waals surface area (Å²) in [4.78, 5) is 84.5. The Balaban J connectivity index is 1.31. The van der Waals surface area contributed by atoms with Crippen molar-refractivity contribution in [3.8, 4) is 0 Å². The first-order valence-corrected chi connectivity index (χ1v) is 19.7. The molecule has 1 saturated heterocycles. The third-order valence-electron chi connectivity index (χ3n) is 10.5. The molecule has 16 nitrogen and oxygen atoms in total. The van der Waals surface area contributed by atoms with E-state index in [1.165, 1.54) is 22.8 Å². The highest BCUT2D eigenvalue weighted by Crippen LogP contribution is 2.45. The molecule has 0 unspecified atom stereocenters. The first kappa shape index (κ1) is 38.9. The van der Waals surface area contributed by atoms with Crippen molar-refractivity contribution in [3.63, 3.8) is 0 Å². The maximum absolute atomic E-state index is 14.6. The van der Waals surface area contributed by atoms with E-state index in [1.807, 2.05) is 24.3 Å². The largest absolute Gasteiger partial charge is 0.444 e. The SMILES string of the molecule is C=C[C@@H]1C[C@]1(NC(=O)[C@@H]1C[C@@H]2CN1C(=O)[C@H](C(C)(C)C)NC(=O)[C@@H](NC(C)=O)COC/C=C/c1cccc3c1CN(C3)C(=O)O2)C(=O)NS(=O)(=O)C1CC1. The normalized spacial score (nSPS) is 29.5. The molecule has 1 aromatic carbocycles. The highest BCUT2D eigenvalue weighted by atomic mass is 32.2. The van der Waals surface area contributed by atoms with E-state index in [1.54, 1.807) is 26.8 Å². The molecule has 6 amide bonds. The topological polar surface area (TPSA) is 210 Å². The van der Waals surface area contributed by atoms with Crippen LogP contribution in [0, 0.1) is 11.3 Å². The van der Waals surface area contributed by atoms with E-state index in [4.69, 9.17) is 9.47 Å². The Morgan fingerprint density at radius 2 is 1.85 bits per heavy atom. The molecular weight excluding hydrogens is 721 g/mol. The summed E-state index contributed by atoms with van der Waals surface area (Å²) in [5.41, 5.74) is 0.164. The van der Waals surface area contributed by atoms with Gasteiger partial charge in [0.2, 0.25) is 33.7 Å². The fourth-order valence-corrected chi connectivity index (χ4v) is 8.62. The number of nitrogens with one attached hydrogen (secondary N) is 4. The Morgan fingerprint density at radius 1 is 1.11 bits per heavy atom. The average molecular weight is 769 g/mol. The molecule has 0 radical (unpaired) electrons. The van der Waals surface area contributed by atoms with Crippen LogP contribution in [0.1, 0.15) is 70.1 Å². The van der Waals surface area contributed by atoms with Crippen LogP contribution in [0.25, 0.3) is 6.08 Å². The summed E-state index contributed by atoms with van der Waals surface area (Å²) in [6, 6.07) is 2.02. The molecule has 17 heteroatoms. The lowest BCUT2D eigenvalue weighted by Gasteiger charge is -2.36. The molecule has 6 atom stereocenters. The predicted octanol–water partition coefficient (Wildman–Crippen LogP) is 0.857. The Labute approximate surface area is 314 Å². The van der Waals surface area contributed by atoms with Crippen LogP contribution in [-0.4, -0.2) is 109 Å². The molecule has 0 spiro atoms. The van der Waals surface area contributed by atoms with Crippen LogP contribution in [-0.2, 0) is 56.6 Å². The molecule has 3 fully saturated rings. The molecule has 4 N–H and O–H groups in total. The smallest absolute Gasteiger partial charge is 0.410 e. The van der Waals surface area contributed by atoms with Crippen molar-refractivity contribution in [2.24, 2.45) is 11.3 Å². The number of nitrogens with zero attached hydrogens (tertiary/aromatic N) is 2. The third kappa shape index (κ3) is 8.16. The van der Waals surface area contributed by atoms with Crippen LogP contribution in [0.15, 0.2) is 36.9 Å². The Bertz CT molecular complexity index is 1890. The van der Waals surface area contributed by atoms with Gasteiger partial charge in [-0.3, -0.25) is 33.6 Å². The molecule has 292 valence electrons. The highest BCUT2D eigenvalue weighted by molar-refractivity contribution is 7.91. The number of carbonyl (C=O) groups is 6. The number of hydrogen-bond donors (Lipinski definition) is 4. The van der Waals surface area contributed by atoms with E-state index >= 15 is 0 Å². The minimum Gasteiger partial charge on any atom is -0.444 e. The highest BCUT2D eigenvalue weighted by Gasteiger charge is 2.62. The zero-order chi connectivity index (χ0) is 39.2. The number of amides is 6. The summed E-state index contributed by atoms with van der Waals surface area (Å²) in [6.45, 7) is 10.4. The number of carbonyl (C=O) groups excluding carboxylic acids is 6. The number of sulfonamides is 1. The van der Waals surface area contributed by atoms with Gasteiger partial charge >= 0.3 is 6.09 Å². The lowest BCUT2D eigenvalue weighted by atomic mass is 9.85. The number of fused-ring (bicyclic) bond motifs is 3. The van der Waals surface area contributed by atoms with Gasteiger partial charge in [0.25, 0.3) is 5.91 Å². The fraction of sp³-hybridized carbons (Fsp3) is 0.568. The monoisotopic (exact) mass is 768 g/mol. The summed E-state index contributed by atoms with van der Waals surface area (Å²) in [6.07, 6.45) is 4.30. The standard InChI is InChI=1S/C37H48N6O10S/c1-6-24-16-37(24,34(48)41-54(50,51)26-12-13-26)40-32(46)29-15-25-18-43(29)33(47)30(36(3,4)5)39-31(45)28(38-21(2)44)20-52-14-8-11-22-9-7-10-23-17-42(19-27(22)23)35(49)53-25/h6-11,24-26,28-30H,1,12-20H2,2-5H3,(H,38,44)(H,39,45)(H,40,46)(H,41,48)/b11-8+/t24-,25-,28+,29+,30-,37-/m1/s1. The molecule has 4 bridgehead atoms. The van der Waals surface area contributed by atoms with E-state index in [2.05, 4.69) is 27.3 Å². The van der Waals surface area contributed by atoms with Crippen molar-refractivity contribution < 1.29 is 46.7 Å². The van der Waals surface area contributed by atoms with Crippen LogP contribution >= 0.6 is 0 Å². The van der Waals surface area contributed by atoms with Gasteiger partial charge in [0, 0.05) is 25.8 Å². The summed E-state index contributed by atoms with van der Waals surface area (Å²) in [7, 11) is -3.94. The molecule has 54 heavy (non-hydrogen) atoms. The van der Waals surface area contributed by atoms with Crippen molar-refractivity contribution in [1.82, 2.24) is 30.5 Å². The van der Waals surface area contributed by atoms with E-state index in [-0.39, 0.29) is 45.7 Å². The maximum atomic E-state index is 14.6. The number of hydrogen-bond acceptors (Lipinski definition) is 10. The zero-order valence-corrected chi connectivity index (χ0v) is 31.7. The maximum Gasteiger partial charge on any atom is 0.410 e. The second-order valence-electron chi connectivity index (χ2n) is 15.8. The van der Waals surface area contributed by atoms with Gasteiger partial charge in [-0.15, -0.1) is 6.58 Å². The Morgan fingerprint density at radius 3 is 2.50 bits per heavy atom. The van der Waals surface area contributed by atoms with Crippen LogP contribution in [0.4, 0.5) is 4.79 Å². The van der Waals surface area contributed by atoms with Gasteiger partial charge in [-0.05, 0) is 41.4 Å². The van der Waals surface area contributed by atoms with Gasteiger partial charge in [0.1, 0.15) is 29.8 Å². The van der Waals surface area contributed by atoms with Gasteiger partial charge < -0.3 is 30.3 Å². The second-order valence-corrected chi connectivity index (χ2v) is 17.7. The van der Waals surface area contributed by atoms with Crippen LogP contribution in [0.3, 0.4) is 0 Å². The zero-order valence-electron chi connectivity index (χ0n) is 30.9. The van der Waals surface area contributed by atoms with Gasteiger partial charge in [0.15, 0.2) is 0 Å². The first-order chi connectivity index (χ1) is 25.4. The molecular formula is C37H48N6O10S. The summed E-state index contributed by atoms with van der Waals surface area (Å²) < 4.78 is 39.2. The van der Waals surface area contributed by atoms with Crippen molar-refractivity contribution in [2.75, 3.05) is 19.8 Å². The third-order valence-corrected chi connectivity index (χ3v) is 12.4. The second kappa shape index (κ2) is 14.8. The first-order valence-electron chi connectivity index (χ1n) is 18.1. The molecule has 5 aliphatic rings. The van der Waals surface area contributed by atoms with Crippen molar-refractivity contribution >= 4 is 51.7 Å². The van der Waals surface area contributed by atoms with Gasteiger partial charge in [-0.25, -0.2) is 13.2 Å². The summed E-state index contributed by atoms with van der Waals surface area (Å²) in [5, 5.41) is 7.38. The lowest BCUT2D eigenvalue weighted by Crippen LogP contribution is -2.62. The Hall–Kier alpha value is -4.77. The quantitative estimate of drug-likeness (QED) is 0.288. The molecule has 3 heterocycles. The van der Waals surface area contributed by atoms with Gasteiger partial charge in [-0.1, -0.05) is 57.2 Å². The molecule has 2 aliphatic carbocycles. The minimum absolute atomic E-state index is 0.0906. The summed E-state index contributed by atoms with van der Waals surface area (Å²) >= 11 is 0. The van der Waals surface area contributed by atoms with Crippen LogP contribution in [0.2, 0.25) is 0 Å². The van der Waals surface area contributed by atoms with E-state index in [9.17, 15) is 37.2 Å². The van der Waals surface area contributed by atoms with Crippen molar-refractivity contribution in [2.45, 2.75) is 101 Å². The van der Waals surface area contributed by atoms with E-state index in [0.29, 0.717) is 12.8 Å². The predicted molar refractivity (Wildman–Crippen MR) is 194 cm³/mol. The molecule has 0 aromatic heterocycles. The minimum atomic E-state index is -3.94.